The van der Waals surface area contributed by atoms with Crippen LogP contribution in [0, 0.1) is 11.3 Å². The van der Waals surface area contributed by atoms with E-state index in [4.69, 9.17) is 10.00 Å². The Morgan fingerprint density at radius 1 is 1.53 bits per heavy atom. The smallest absolute Gasteiger partial charge is 0.123 e. The minimum absolute atomic E-state index is 0.240. The van der Waals surface area contributed by atoms with Crippen LogP contribution in [0.3, 0.4) is 0 Å². The zero-order chi connectivity index (χ0) is 12.7. The molecule has 0 bridgehead atoms. The molecule has 0 spiro atoms. The summed E-state index contributed by atoms with van der Waals surface area (Å²) in [6, 6.07) is 8.35. The molecule has 92 valence electrons. The third-order valence-electron chi connectivity index (χ3n) is 2.65. The van der Waals surface area contributed by atoms with Crippen molar-refractivity contribution in [2.75, 3.05) is 7.11 Å². The SMILES string of the molecule is CCC(CC#N)NCc1cc(Br)ccc1OC. The number of hydrogen-bond acceptors (Lipinski definition) is 3. The van der Waals surface area contributed by atoms with Crippen LogP contribution in [-0.4, -0.2) is 13.2 Å². The van der Waals surface area contributed by atoms with Crippen molar-refractivity contribution in [3.05, 3.63) is 28.2 Å². The number of hydrogen-bond donors (Lipinski definition) is 1. The van der Waals surface area contributed by atoms with Gasteiger partial charge in [0.1, 0.15) is 5.75 Å². The number of ether oxygens (including phenoxy) is 1. The fraction of sp³-hybridized carbons (Fsp3) is 0.462. The van der Waals surface area contributed by atoms with E-state index in [0.29, 0.717) is 13.0 Å². The lowest BCUT2D eigenvalue weighted by Gasteiger charge is -2.15. The summed E-state index contributed by atoms with van der Waals surface area (Å²) >= 11 is 3.44. The van der Waals surface area contributed by atoms with Crippen molar-refractivity contribution in [3.8, 4) is 11.8 Å². The van der Waals surface area contributed by atoms with E-state index in [-0.39, 0.29) is 6.04 Å². The predicted molar refractivity (Wildman–Crippen MR) is 71.8 cm³/mol. The number of nitrogens with zero attached hydrogens (tertiary/aromatic N) is 1. The lowest BCUT2D eigenvalue weighted by molar-refractivity contribution is 0.404. The van der Waals surface area contributed by atoms with E-state index >= 15 is 0 Å². The van der Waals surface area contributed by atoms with Gasteiger partial charge in [-0.3, -0.25) is 0 Å². The van der Waals surface area contributed by atoms with Crippen LogP contribution < -0.4 is 10.1 Å². The summed E-state index contributed by atoms with van der Waals surface area (Å²) in [5.41, 5.74) is 1.10. The Labute approximate surface area is 111 Å². The number of nitrogens with one attached hydrogen (secondary N) is 1. The summed E-state index contributed by atoms with van der Waals surface area (Å²) in [6.45, 7) is 2.79. The maximum Gasteiger partial charge on any atom is 0.123 e. The van der Waals surface area contributed by atoms with E-state index in [1.165, 1.54) is 0 Å². The van der Waals surface area contributed by atoms with Crippen molar-refractivity contribution in [2.24, 2.45) is 0 Å². The zero-order valence-corrected chi connectivity index (χ0v) is 11.8. The van der Waals surface area contributed by atoms with Gasteiger partial charge in [-0.15, -0.1) is 0 Å². The molecule has 0 aliphatic heterocycles. The monoisotopic (exact) mass is 296 g/mol. The largest absolute Gasteiger partial charge is 0.496 e. The summed E-state index contributed by atoms with van der Waals surface area (Å²) < 4.78 is 6.33. The summed E-state index contributed by atoms with van der Waals surface area (Å²) in [6.07, 6.45) is 1.48. The van der Waals surface area contributed by atoms with Crippen LogP contribution in [0.4, 0.5) is 0 Å². The molecule has 1 aromatic carbocycles. The van der Waals surface area contributed by atoms with Crippen molar-refractivity contribution in [1.29, 1.82) is 5.26 Å². The Kier molecular flexibility index (Phi) is 6.03. The summed E-state index contributed by atoms with van der Waals surface area (Å²) in [5.74, 6) is 0.868. The Bertz CT molecular complexity index is 401. The highest BCUT2D eigenvalue weighted by molar-refractivity contribution is 9.10. The Balaban J connectivity index is 2.67. The Morgan fingerprint density at radius 2 is 2.29 bits per heavy atom. The second-order valence-electron chi connectivity index (χ2n) is 3.80. The molecule has 0 fully saturated rings. The molecule has 1 aromatic rings. The van der Waals surface area contributed by atoms with Crippen molar-refractivity contribution >= 4 is 15.9 Å². The molecule has 0 saturated heterocycles. The van der Waals surface area contributed by atoms with Gasteiger partial charge in [0.15, 0.2) is 0 Å². The number of benzene rings is 1. The van der Waals surface area contributed by atoms with Crippen LogP contribution in [0.5, 0.6) is 5.75 Å². The van der Waals surface area contributed by atoms with Gasteiger partial charge in [0.2, 0.25) is 0 Å². The zero-order valence-electron chi connectivity index (χ0n) is 10.2. The van der Waals surface area contributed by atoms with Crippen molar-refractivity contribution in [2.45, 2.75) is 32.4 Å². The van der Waals surface area contributed by atoms with Gasteiger partial charge in [-0.25, -0.2) is 0 Å². The van der Waals surface area contributed by atoms with Crippen LogP contribution in [0.2, 0.25) is 0 Å². The quantitative estimate of drug-likeness (QED) is 0.876. The molecule has 3 nitrogen and oxygen atoms in total. The lowest BCUT2D eigenvalue weighted by atomic mass is 10.1. The molecule has 1 rings (SSSR count). The average Bonchev–Trinajstić information content (AvgIpc) is 2.34. The van der Waals surface area contributed by atoms with Gasteiger partial charge in [-0.1, -0.05) is 22.9 Å². The van der Waals surface area contributed by atoms with Gasteiger partial charge >= 0.3 is 0 Å². The molecule has 1 atom stereocenters. The van der Waals surface area contributed by atoms with Gasteiger partial charge < -0.3 is 10.1 Å². The van der Waals surface area contributed by atoms with Crippen molar-refractivity contribution in [3.63, 3.8) is 0 Å². The molecule has 1 N–H and O–H groups in total. The normalized spacial score (nSPS) is 11.9. The average molecular weight is 297 g/mol. The molecule has 17 heavy (non-hydrogen) atoms. The van der Waals surface area contributed by atoms with Crippen LogP contribution in [0.25, 0.3) is 0 Å². The van der Waals surface area contributed by atoms with Gasteiger partial charge in [0.25, 0.3) is 0 Å². The Hall–Kier alpha value is -1.05. The Morgan fingerprint density at radius 3 is 2.88 bits per heavy atom. The van der Waals surface area contributed by atoms with Crippen LogP contribution in [0.1, 0.15) is 25.3 Å². The molecule has 0 radical (unpaired) electrons. The number of halogens is 1. The first-order chi connectivity index (χ1) is 8.21. The number of rotatable bonds is 6. The minimum atomic E-state index is 0.240. The highest BCUT2D eigenvalue weighted by atomic mass is 79.9. The van der Waals surface area contributed by atoms with E-state index in [9.17, 15) is 0 Å². The summed E-state index contributed by atoms with van der Waals surface area (Å²) in [4.78, 5) is 0. The molecule has 0 amide bonds. The molecular formula is C13H17BrN2O. The first-order valence-corrected chi connectivity index (χ1v) is 6.43. The highest BCUT2D eigenvalue weighted by Gasteiger charge is 2.08. The standard InChI is InChI=1S/C13H17BrN2O/c1-3-12(6-7-15)16-9-10-8-11(14)4-5-13(10)17-2/h4-5,8,12,16H,3,6,9H2,1-2H3. The highest BCUT2D eigenvalue weighted by Crippen LogP contribution is 2.22. The van der Waals surface area contributed by atoms with E-state index in [1.807, 2.05) is 18.2 Å². The fourth-order valence-electron chi connectivity index (χ4n) is 1.61. The molecule has 0 aliphatic carbocycles. The number of nitriles is 1. The minimum Gasteiger partial charge on any atom is -0.496 e. The van der Waals surface area contributed by atoms with Crippen molar-refractivity contribution in [1.82, 2.24) is 5.32 Å². The van der Waals surface area contributed by atoms with Crippen LogP contribution in [-0.2, 0) is 6.54 Å². The van der Waals surface area contributed by atoms with Gasteiger partial charge in [-0.2, -0.15) is 5.26 Å². The third kappa shape index (κ3) is 4.37. The summed E-state index contributed by atoms with van der Waals surface area (Å²) in [5, 5.41) is 12.1. The van der Waals surface area contributed by atoms with E-state index in [1.54, 1.807) is 7.11 Å². The third-order valence-corrected chi connectivity index (χ3v) is 3.15. The fourth-order valence-corrected chi connectivity index (χ4v) is 2.02. The molecule has 1 unspecified atom stereocenters. The van der Waals surface area contributed by atoms with Gasteiger partial charge in [0, 0.05) is 22.6 Å². The molecule has 4 heteroatoms. The molecule has 0 aromatic heterocycles. The first kappa shape index (κ1) is 14.0. The van der Waals surface area contributed by atoms with E-state index in [0.717, 1.165) is 22.2 Å². The number of methoxy groups -OCH3 is 1. The van der Waals surface area contributed by atoms with Crippen LogP contribution in [0.15, 0.2) is 22.7 Å². The second kappa shape index (κ2) is 7.31. The second-order valence-corrected chi connectivity index (χ2v) is 4.72. The van der Waals surface area contributed by atoms with E-state index < -0.39 is 0 Å². The molecule has 0 aliphatic rings. The van der Waals surface area contributed by atoms with Gasteiger partial charge in [0.05, 0.1) is 19.6 Å². The first-order valence-electron chi connectivity index (χ1n) is 5.64. The molecule has 0 saturated carbocycles. The predicted octanol–water partition coefficient (Wildman–Crippen LogP) is 3.24. The maximum atomic E-state index is 8.69. The summed E-state index contributed by atoms with van der Waals surface area (Å²) in [7, 11) is 1.67. The molecular weight excluding hydrogens is 280 g/mol. The topological polar surface area (TPSA) is 45.0 Å². The van der Waals surface area contributed by atoms with Crippen LogP contribution >= 0.6 is 15.9 Å². The molecule has 0 heterocycles. The maximum absolute atomic E-state index is 8.69. The van der Waals surface area contributed by atoms with Gasteiger partial charge in [-0.05, 0) is 24.6 Å². The van der Waals surface area contributed by atoms with Crippen molar-refractivity contribution < 1.29 is 4.74 Å². The van der Waals surface area contributed by atoms with E-state index in [2.05, 4.69) is 34.2 Å². The lowest BCUT2D eigenvalue weighted by Crippen LogP contribution is -2.27.